The van der Waals surface area contributed by atoms with Crippen molar-refractivity contribution in [1.82, 2.24) is 4.57 Å². The number of fused-ring (bicyclic) bond motifs is 1. The van der Waals surface area contributed by atoms with E-state index in [0.29, 0.717) is 0 Å². The summed E-state index contributed by atoms with van der Waals surface area (Å²) in [5.74, 6) is 0.155. The molecule has 0 fully saturated rings. The van der Waals surface area contributed by atoms with Gasteiger partial charge in [-0.25, -0.2) is 0 Å². The second kappa shape index (κ2) is 3.70. The highest BCUT2D eigenvalue weighted by Gasteiger charge is 2.11. The van der Waals surface area contributed by atoms with Gasteiger partial charge in [-0.05, 0) is 38.1 Å². The smallest absolute Gasteiger partial charge is 0.152 e. The zero-order valence-electron chi connectivity index (χ0n) is 8.70. The highest BCUT2D eigenvalue weighted by atomic mass is 35.5. The molecular formula is C12H12ClNO. The topological polar surface area (TPSA) is 22.0 Å². The average Bonchev–Trinajstić information content (AvgIpc) is 2.59. The Morgan fingerprint density at radius 2 is 2.13 bits per heavy atom. The number of carbonyl (C=O) groups excluding carboxylic acids is 1. The maximum absolute atomic E-state index is 11.3. The zero-order valence-corrected chi connectivity index (χ0v) is 9.45. The summed E-state index contributed by atoms with van der Waals surface area (Å²) in [7, 11) is 0. The molecule has 0 aliphatic rings. The molecule has 2 aromatic rings. The van der Waals surface area contributed by atoms with Crippen LogP contribution in [-0.2, 0) is 4.79 Å². The predicted molar refractivity (Wildman–Crippen MR) is 62.3 cm³/mol. The van der Waals surface area contributed by atoms with Crippen molar-refractivity contribution >= 4 is 28.3 Å². The molecule has 15 heavy (non-hydrogen) atoms. The lowest BCUT2D eigenvalue weighted by Crippen LogP contribution is -2.11. The zero-order chi connectivity index (χ0) is 11.0. The monoisotopic (exact) mass is 221 g/mol. The van der Waals surface area contributed by atoms with Crippen LogP contribution in [0.1, 0.15) is 19.9 Å². The molecule has 0 aliphatic heterocycles. The summed E-state index contributed by atoms with van der Waals surface area (Å²) in [6, 6.07) is 7.54. The molecule has 2 rings (SSSR count). The molecule has 0 saturated heterocycles. The van der Waals surface area contributed by atoms with E-state index in [1.165, 1.54) is 0 Å². The summed E-state index contributed by atoms with van der Waals surface area (Å²) in [6.07, 6.45) is 1.92. The van der Waals surface area contributed by atoms with Crippen LogP contribution in [0.15, 0.2) is 30.5 Å². The minimum absolute atomic E-state index is 0.122. The van der Waals surface area contributed by atoms with Crippen LogP contribution in [0.4, 0.5) is 0 Å². The number of aromatic nitrogens is 1. The van der Waals surface area contributed by atoms with Gasteiger partial charge in [0.15, 0.2) is 5.78 Å². The third-order valence-electron chi connectivity index (χ3n) is 2.69. The van der Waals surface area contributed by atoms with E-state index in [2.05, 4.69) is 0 Å². The fourth-order valence-electron chi connectivity index (χ4n) is 1.67. The van der Waals surface area contributed by atoms with Gasteiger partial charge in [0.05, 0.1) is 6.04 Å². The van der Waals surface area contributed by atoms with Crippen LogP contribution in [0.5, 0.6) is 0 Å². The van der Waals surface area contributed by atoms with Gasteiger partial charge in [0.25, 0.3) is 0 Å². The largest absolute Gasteiger partial charge is 0.337 e. The van der Waals surface area contributed by atoms with E-state index < -0.39 is 0 Å². The second-order valence-electron chi connectivity index (χ2n) is 3.71. The summed E-state index contributed by atoms with van der Waals surface area (Å²) in [6.45, 7) is 3.50. The van der Waals surface area contributed by atoms with Crippen LogP contribution in [0.25, 0.3) is 10.9 Å². The van der Waals surface area contributed by atoms with Crippen LogP contribution < -0.4 is 0 Å². The average molecular weight is 222 g/mol. The molecule has 0 saturated carbocycles. The molecule has 3 heteroatoms. The van der Waals surface area contributed by atoms with Crippen molar-refractivity contribution in [3.8, 4) is 0 Å². The van der Waals surface area contributed by atoms with Crippen molar-refractivity contribution < 1.29 is 4.79 Å². The fraction of sp³-hybridized carbons (Fsp3) is 0.250. The Balaban J connectivity index is 2.59. The molecule has 1 unspecified atom stereocenters. The summed E-state index contributed by atoms with van der Waals surface area (Å²) in [4.78, 5) is 11.3. The minimum Gasteiger partial charge on any atom is -0.337 e. The van der Waals surface area contributed by atoms with Gasteiger partial charge in [-0.3, -0.25) is 4.79 Å². The fourth-order valence-corrected chi connectivity index (χ4v) is 1.85. The van der Waals surface area contributed by atoms with Crippen LogP contribution in [0.3, 0.4) is 0 Å². The normalized spacial score (nSPS) is 13.0. The highest BCUT2D eigenvalue weighted by Crippen LogP contribution is 2.23. The SMILES string of the molecule is CC(=O)C(C)n1ccc2cc(Cl)ccc21. The molecule has 1 atom stereocenters. The maximum atomic E-state index is 11.3. The van der Waals surface area contributed by atoms with Crippen molar-refractivity contribution in [1.29, 1.82) is 0 Å². The number of hydrogen-bond donors (Lipinski definition) is 0. The van der Waals surface area contributed by atoms with Crippen LogP contribution in [0.2, 0.25) is 5.02 Å². The first-order valence-electron chi connectivity index (χ1n) is 4.86. The van der Waals surface area contributed by atoms with Gasteiger partial charge in [-0.1, -0.05) is 11.6 Å². The molecule has 1 aromatic carbocycles. The van der Waals surface area contributed by atoms with Crippen LogP contribution in [0, 0.1) is 0 Å². The Kier molecular flexibility index (Phi) is 2.53. The summed E-state index contributed by atoms with van der Waals surface area (Å²) in [5.41, 5.74) is 1.04. The number of hydrogen-bond acceptors (Lipinski definition) is 1. The van der Waals surface area contributed by atoms with E-state index in [1.54, 1.807) is 6.92 Å². The molecular weight excluding hydrogens is 210 g/mol. The van der Waals surface area contributed by atoms with Gasteiger partial charge in [0.2, 0.25) is 0 Å². The third kappa shape index (κ3) is 1.77. The van der Waals surface area contributed by atoms with Crippen molar-refractivity contribution in [2.45, 2.75) is 19.9 Å². The molecule has 0 radical (unpaired) electrons. The Morgan fingerprint density at radius 3 is 2.80 bits per heavy atom. The van der Waals surface area contributed by atoms with Gasteiger partial charge >= 0.3 is 0 Å². The molecule has 0 N–H and O–H groups in total. The van der Waals surface area contributed by atoms with Gasteiger partial charge in [0.1, 0.15) is 0 Å². The predicted octanol–water partition coefficient (Wildman–Crippen LogP) is 3.44. The van der Waals surface area contributed by atoms with Crippen molar-refractivity contribution in [2.24, 2.45) is 0 Å². The lowest BCUT2D eigenvalue weighted by Gasteiger charge is -2.11. The van der Waals surface area contributed by atoms with Crippen LogP contribution >= 0.6 is 11.6 Å². The van der Waals surface area contributed by atoms with Gasteiger partial charge in [-0.15, -0.1) is 0 Å². The standard InChI is InChI=1S/C12H12ClNO/c1-8(9(2)15)14-6-5-10-7-11(13)3-4-12(10)14/h3-8H,1-2H3. The van der Waals surface area contributed by atoms with Gasteiger partial charge in [0, 0.05) is 22.1 Å². The number of ketones is 1. The first-order valence-corrected chi connectivity index (χ1v) is 5.24. The van der Waals surface area contributed by atoms with E-state index in [9.17, 15) is 4.79 Å². The maximum Gasteiger partial charge on any atom is 0.152 e. The first-order chi connectivity index (χ1) is 7.09. The summed E-state index contributed by atoms with van der Waals surface area (Å²) >= 11 is 5.89. The first kappa shape index (κ1) is 10.2. The Bertz CT molecular complexity index is 515. The molecule has 0 spiro atoms. The quantitative estimate of drug-likeness (QED) is 0.762. The third-order valence-corrected chi connectivity index (χ3v) is 2.92. The van der Waals surface area contributed by atoms with Crippen molar-refractivity contribution in [3.63, 3.8) is 0 Å². The molecule has 0 aliphatic carbocycles. The second-order valence-corrected chi connectivity index (χ2v) is 4.15. The summed E-state index contributed by atoms with van der Waals surface area (Å²) < 4.78 is 1.97. The van der Waals surface area contributed by atoms with Crippen molar-refractivity contribution in [2.75, 3.05) is 0 Å². The molecule has 1 aromatic heterocycles. The summed E-state index contributed by atoms with van der Waals surface area (Å²) in [5, 5.41) is 1.78. The van der Waals surface area contributed by atoms with E-state index in [0.717, 1.165) is 15.9 Å². The van der Waals surface area contributed by atoms with E-state index >= 15 is 0 Å². The number of carbonyl (C=O) groups is 1. The number of rotatable bonds is 2. The number of Topliss-reactive ketones (excluding diaryl/α,β-unsaturated/α-hetero) is 1. The van der Waals surface area contributed by atoms with Crippen molar-refractivity contribution in [3.05, 3.63) is 35.5 Å². The molecule has 0 amide bonds. The number of nitrogens with zero attached hydrogens (tertiary/aromatic N) is 1. The molecule has 2 nitrogen and oxygen atoms in total. The Morgan fingerprint density at radius 1 is 1.40 bits per heavy atom. The minimum atomic E-state index is -0.122. The van der Waals surface area contributed by atoms with Gasteiger partial charge in [-0.2, -0.15) is 0 Å². The molecule has 1 heterocycles. The lowest BCUT2D eigenvalue weighted by molar-refractivity contribution is -0.119. The van der Waals surface area contributed by atoms with E-state index in [-0.39, 0.29) is 11.8 Å². The highest BCUT2D eigenvalue weighted by molar-refractivity contribution is 6.31. The van der Waals surface area contributed by atoms with E-state index in [4.69, 9.17) is 11.6 Å². The van der Waals surface area contributed by atoms with Gasteiger partial charge < -0.3 is 4.57 Å². The molecule has 0 bridgehead atoms. The van der Waals surface area contributed by atoms with E-state index in [1.807, 2.05) is 42.0 Å². The lowest BCUT2D eigenvalue weighted by atomic mass is 10.2. The Labute approximate surface area is 93.5 Å². The molecule has 78 valence electrons. The number of halogens is 1. The van der Waals surface area contributed by atoms with Crippen LogP contribution in [-0.4, -0.2) is 10.4 Å². The Hall–Kier alpha value is -1.28. The number of benzene rings is 1.